The van der Waals surface area contributed by atoms with Gasteiger partial charge in [-0.3, -0.25) is 4.79 Å². The molecule has 0 saturated heterocycles. The summed E-state index contributed by atoms with van der Waals surface area (Å²) in [5, 5.41) is 2.92. The molecule has 4 nitrogen and oxygen atoms in total. The van der Waals surface area contributed by atoms with E-state index in [2.05, 4.69) is 10.2 Å². The molecule has 0 spiro atoms. The molecule has 1 atom stereocenters. The number of hydrogen-bond acceptors (Lipinski definition) is 3. The van der Waals surface area contributed by atoms with Crippen LogP contribution in [0.2, 0.25) is 0 Å². The minimum Gasteiger partial charge on any atom is -0.490 e. The smallest absolute Gasteiger partial charge is 0.244 e. The van der Waals surface area contributed by atoms with Crippen molar-refractivity contribution < 1.29 is 13.9 Å². The van der Waals surface area contributed by atoms with Gasteiger partial charge in [0, 0.05) is 13.1 Å². The van der Waals surface area contributed by atoms with Crippen molar-refractivity contribution in [1.29, 1.82) is 0 Å². The molecule has 25 heavy (non-hydrogen) atoms. The van der Waals surface area contributed by atoms with Crippen LogP contribution >= 0.6 is 0 Å². The monoisotopic (exact) mass is 340 g/mol. The summed E-state index contributed by atoms with van der Waals surface area (Å²) < 4.78 is 18.8. The summed E-state index contributed by atoms with van der Waals surface area (Å²) in [4.78, 5) is 14.3. The van der Waals surface area contributed by atoms with Crippen LogP contribution < -0.4 is 15.0 Å². The molecule has 1 N–H and O–H groups in total. The van der Waals surface area contributed by atoms with Crippen molar-refractivity contribution in [2.45, 2.75) is 13.0 Å². The summed E-state index contributed by atoms with van der Waals surface area (Å²) in [6.07, 6.45) is 3.01. The molecule has 1 amide bonds. The van der Waals surface area contributed by atoms with Gasteiger partial charge >= 0.3 is 0 Å². The highest BCUT2D eigenvalue weighted by Crippen LogP contribution is 2.33. The van der Waals surface area contributed by atoms with E-state index in [-0.39, 0.29) is 17.8 Å². The number of benzene rings is 2. The summed E-state index contributed by atoms with van der Waals surface area (Å²) in [5.74, 6) is 0.317. The van der Waals surface area contributed by atoms with E-state index < -0.39 is 0 Å². The predicted octanol–water partition coefficient (Wildman–Crippen LogP) is 3.54. The SMILES string of the molecule is CC(NC(=O)C=Cc1cccc(F)c1)c1ccc2c(c1)N(C)CCO2. The minimum absolute atomic E-state index is 0.148. The third-order valence-electron chi connectivity index (χ3n) is 4.21. The Balaban J connectivity index is 1.66. The zero-order chi connectivity index (χ0) is 17.8. The molecule has 0 aromatic heterocycles. The zero-order valence-corrected chi connectivity index (χ0v) is 14.3. The van der Waals surface area contributed by atoms with Crippen LogP contribution in [0.15, 0.2) is 48.5 Å². The zero-order valence-electron chi connectivity index (χ0n) is 14.3. The van der Waals surface area contributed by atoms with Gasteiger partial charge in [0.15, 0.2) is 0 Å². The fourth-order valence-electron chi connectivity index (χ4n) is 2.76. The molecule has 1 aliphatic rings. The Labute approximate surface area is 146 Å². The Bertz CT molecular complexity index is 804. The number of fused-ring (bicyclic) bond motifs is 1. The van der Waals surface area contributed by atoms with Gasteiger partial charge in [0.2, 0.25) is 5.91 Å². The van der Waals surface area contributed by atoms with E-state index in [1.165, 1.54) is 18.2 Å². The van der Waals surface area contributed by atoms with Crippen molar-refractivity contribution in [3.05, 3.63) is 65.5 Å². The normalized spacial score (nSPS) is 14.8. The lowest BCUT2D eigenvalue weighted by atomic mass is 10.1. The molecule has 3 rings (SSSR count). The van der Waals surface area contributed by atoms with Gasteiger partial charge in [-0.05, 0) is 48.4 Å². The number of carbonyl (C=O) groups is 1. The van der Waals surface area contributed by atoms with E-state index in [9.17, 15) is 9.18 Å². The Kier molecular flexibility index (Phi) is 5.03. The first-order valence-corrected chi connectivity index (χ1v) is 8.25. The number of rotatable bonds is 4. The molecule has 1 heterocycles. The highest BCUT2D eigenvalue weighted by atomic mass is 19.1. The number of nitrogens with zero attached hydrogens (tertiary/aromatic N) is 1. The number of hydrogen-bond donors (Lipinski definition) is 1. The number of nitrogens with one attached hydrogen (secondary N) is 1. The highest BCUT2D eigenvalue weighted by Gasteiger charge is 2.17. The van der Waals surface area contributed by atoms with Crippen LogP contribution in [0.3, 0.4) is 0 Å². The van der Waals surface area contributed by atoms with Gasteiger partial charge in [0.25, 0.3) is 0 Å². The Morgan fingerprint density at radius 2 is 2.16 bits per heavy atom. The molecular formula is C20H21FN2O2. The second-order valence-electron chi connectivity index (χ2n) is 6.12. The maximum absolute atomic E-state index is 13.1. The molecule has 130 valence electrons. The molecule has 1 aliphatic heterocycles. The Morgan fingerprint density at radius 1 is 1.32 bits per heavy atom. The molecule has 5 heteroatoms. The number of likely N-dealkylation sites (N-methyl/N-ethyl adjacent to an activating group) is 1. The largest absolute Gasteiger partial charge is 0.490 e. The lowest BCUT2D eigenvalue weighted by Gasteiger charge is -2.28. The minimum atomic E-state index is -0.323. The van der Waals surface area contributed by atoms with Gasteiger partial charge in [0.05, 0.1) is 18.3 Å². The molecule has 0 radical (unpaired) electrons. The van der Waals surface area contributed by atoms with Crippen molar-refractivity contribution in [3.63, 3.8) is 0 Å². The Morgan fingerprint density at radius 3 is 2.96 bits per heavy atom. The number of halogens is 1. The van der Waals surface area contributed by atoms with Gasteiger partial charge in [0.1, 0.15) is 18.2 Å². The third-order valence-corrected chi connectivity index (χ3v) is 4.21. The predicted molar refractivity (Wildman–Crippen MR) is 97.2 cm³/mol. The van der Waals surface area contributed by atoms with Crippen molar-refractivity contribution >= 4 is 17.7 Å². The fourth-order valence-corrected chi connectivity index (χ4v) is 2.76. The third kappa shape index (κ3) is 4.18. The van der Waals surface area contributed by atoms with Gasteiger partial charge in [-0.2, -0.15) is 0 Å². The fraction of sp³-hybridized carbons (Fsp3) is 0.250. The quantitative estimate of drug-likeness (QED) is 0.866. The van der Waals surface area contributed by atoms with Crippen LogP contribution in [0, 0.1) is 5.82 Å². The first-order chi connectivity index (χ1) is 12.0. The van der Waals surface area contributed by atoms with Crippen LogP contribution in [0.5, 0.6) is 5.75 Å². The topological polar surface area (TPSA) is 41.6 Å². The van der Waals surface area contributed by atoms with E-state index in [1.54, 1.807) is 18.2 Å². The standard InChI is InChI=1S/C20H21FN2O2/c1-14(16-7-8-19-18(13-16)23(2)10-11-25-19)22-20(24)9-6-15-4-3-5-17(21)12-15/h3-9,12-14H,10-11H2,1-2H3,(H,22,24). The van der Waals surface area contributed by atoms with Crippen molar-refractivity contribution in [2.24, 2.45) is 0 Å². The van der Waals surface area contributed by atoms with E-state index in [4.69, 9.17) is 4.74 Å². The first kappa shape index (κ1) is 17.0. The number of ether oxygens (including phenoxy) is 1. The molecule has 2 aromatic rings. The molecule has 0 saturated carbocycles. The van der Waals surface area contributed by atoms with Gasteiger partial charge in [-0.25, -0.2) is 4.39 Å². The first-order valence-electron chi connectivity index (χ1n) is 8.25. The van der Waals surface area contributed by atoms with Crippen LogP contribution in [0.1, 0.15) is 24.1 Å². The molecular weight excluding hydrogens is 319 g/mol. The summed E-state index contributed by atoms with van der Waals surface area (Å²) in [6.45, 7) is 3.45. The average molecular weight is 340 g/mol. The Hall–Kier alpha value is -2.82. The van der Waals surface area contributed by atoms with Crippen molar-refractivity contribution in [2.75, 3.05) is 25.1 Å². The number of carbonyl (C=O) groups excluding carboxylic acids is 1. The molecule has 0 bridgehead atoms. The lowest BCUT2D eigenvalue weighted by molar-refractivity contribution is -0.117. The molecule has 0 aliphatic carbocycles. The van der Waals surface area contributed by atoms with Crippen molar-refractivity contribution in [1.82, 2.24) is 5.32 Å². The molecule has 2 aromatic carbocycles. The van der Waals surface area contributed by atoms with Gasteiger partial charge in [-0.15, -0.1) is 0 Å². The van der Waals surface area contributed by atoms with Crippen LogP contribution in [-0.4, -0.2) is 26.1 Å². The van der Waals surface area contributed by atoms with Crippen LogP contribution in [0.25, 0.3) is 6.08 Å². The van der Waals surface area contributed by atoms with Crippen LogP contribution in [0.4, 0.5) is 10.1 Å². The molecule has 0 fully saturated rings. The second-order valence-corrected chi connectivity index (χ2v) is 6.12. The van der Waals surface area contributed by atoms with E-state index in [0.717, 1.165) is 23.5 Å². The summed E-state index contributed by atoms with van der Waals surface area (Å²) in [6, 6.07) is 11.9. The maximum atomic E-state index is 13.1. The number of amides is 1. The van der Waals surface area contributed by atoms with Gasteiger partial charge < -0.3 is 15.0 Å². The van der Waals surface area contributed by atoms with E-state index in [0.29, 0.717) is 12.2 Å². The number of anilines is 1. The van der Waals surface area contributed by atoms with Crippen molar-refractivity contribution in [3.8, 4) is 5.75 Å². The lowest BCUT2D eigenvalue weighted by Crippen LogP contribution is -2.29. The second kappa shape index (κ2) is 7.38. The average Bonchev–Trinajstić information content (AvgIpc) is 2.60. The van der Waals surface area contributed by atoms with Gasteiger partial charge in [-0.1, -0.05) is 18.2 Å². The van der Waals surface area contributed by atoms with E-state index >= 15 is 0 Å². The summed E-state index contributed by atoms with van der Waals surface area (Å²) in [5.41, 5.74) is 2.68. The summed E-state index contributed by atoms with van der Waals surface area (Å²) >= 11 is 0. The van der Waals surface area contributed by atoms with E-state index in [1.807, 2.05) is 32.2 Å². The summed E-state index contributed by atoms with van der Waals surface area (Å²) in [7, 11) is 2.02. The molecule has 1 unspecified atom stereocenters. The highest BCUT2D eigenvalue weighted by molar-refractivity contribution is 5.92. The van der Waals surface area contributed by atoms with Crippen LogP contribution in [-0.2, 0) is 4.79 Å². The maximum Gasteiger partial charge on any atom is 0.244 e.